The van der Waals surface area contributed by atoms with Crippen molar-refractivity contribution in [3.05, 3.63) is 58.3 Å². The zero-order valence-corrected chi connectivity index (χ0v) is 17.7. The third kappa shape index (κ3) is 4.28. The minimum absolute atomic E-state index is 0.309. The summed E-state index contributed by atoms with van der Waals surface area (Å²) in [7, 11) is 4.55. The van der Waals surface area contributed by atoms with Crippen LogP contribution in [0.15, 0.2) is 47.7 Å². The molecule has 0 unspecified atom stereocenters. The average molecular weight is 432 g/mol. The predicted octanol–water partition coefficient (Wildman–Crippen LogP) is 3.63. The molecule has 0 saturated heterocycles. The molecular weight excluding hydrogens is 410 g/mol. The fraction of sp³-hybridized carbons (Fsp3) is 0.238. The number of allylic oxidation sites excluding steroid dienone is 1. The van der Waals surface area contributed by atoms with E-state index in [4.69, 9.17) is 25.8 Å². The normalized spacial score (nSPS) is 15.8. The van der Waals surface area contributed by atoms with E-state index >= 15 is 0 Å². The minimum atomic E-state index is -0.769. The summed E-state index contributed by atoms with van der Waals surface area (Å²) < 4.78 is 16.0. The molecule has 1 aliphatic rings. The Labute approximate surface area is 179 Å². The molecule has 1 heterocycles. The number of ether oxygens (including phenoxy) is 3. The Bertz CT molecular complexity index is 1020. The summed E-state index contributed by atoms with van der Waals surface area (Å²) in [6.07, 6.45) is 0. The number of methoxy groups -OCH3 is 3. The number of benzene rings is 2. The highest BCUT2D eigenvalue weighted by Crippen LogP contribution is 2.36. The van der Waals surface area contributed by atoms with E-state index in [1.54, 1.807) is 43.3 Å². The number of halogens is 1. The summed E-state index contributed by atoms with van der Waals surface area (Å²) in [6.45, 7) is 1.66. The lowest BCUT2D eigenvalue weighted by atomic mass is 9.93. The van der Waals surface area contributed by atoms with Crippen molar-refractivity contribution in [1.82, 2.24) is 10.6 Å². The van der Waals surface area contributed by atoms with E-state index in [9.17, 15) is 9.59 Å². The van der Waals surface area contributed by atoms with Gasteiger partial charge in [0.25, 0.3) is 5.91 Å². The van der Waals surface area contributed by atoms with Crippen molar-refractivity contribution in [1.29, 1.82) is 0 Å². The van der Waals surface area contributed by atoms with Crippen LogP contribution in [0.2, 0.25) is 5.02 Å². The lowest BCUT2D eigenvalue weighted by molar-refractivity contribution is -0.113. The number of nitrogens with one attached hydrogen (secondary N) is 3. The second-order valence-corrected chi connectivity index (χ2v) is 6.91. The van der Waals surface area contributed by atoms with Crippen LogP contribution in [0.4, 0.5) is 10.5 Å². The van der Waals surface area contributed by atoms with Crippen LogP contribution in [0.25, 0.3) is 0 Å². The zero-order chi connectivity index (χ0) is 21.8. The number of rotatable bonds is 6. The Morgan fingerprint density at radius 1 is 1.03 bits per heavy atom. The second kappa shape index (κ2) is 8.96. The van der Waals surface area contributed by atoms with Gasteiger partial charge in [-0.1, -0.05) is 11.6 Å². The van der Waals surface area contributed by atoms with Gasteiger partial charge in [0.2, 0.25) is 0 Å². The van der Waals surface area contributed by atoms with Gasteiger partial charge in [-0.15, -0.1) is 0 Å². The SMILES string of the molecule is COc1ccc(OC)c([C@@H]2NC(=O)NC(C)=C2C(=O)Nc2cc(Cl)ccc2OC)c1. The first-order chi connectivity index (χ1) is 14.4. The number of anilines is 1. The molecular formula is C21H22ClN3O5. The van der Waals surface area contributed by atoms with Gasteiger partial charge in [0, 0.05) is 16.3 Å². The fourth-order valence-corrected chi connectivity index (χ4v) is 3.43. The summed E-state index contributed by atoms with van der Waals surface area (Å²) >= 11 is 6.07. The summed E-state index contributed by atoms with van der Waals surface area (Å²) in [5.41, 5.74) is 1.70. The van der Waals surface area contributed by atoms with E-state index in [2.05, 4.69) is 16.0 Å². The van der Waals surface area contributed by atoms with Crippen molar-refractivity contribution in [3.63, 3.8) is 0 Å². The zero-order valence-electron chi connectivity index (χ0n) is 17.0. The lowest BCUT2D eigenvalue weighted by Crippen LogP contribution is -2.46. The third-order valence-corrected chi connectivity index (χ3v) is 4.91. The van der Waals surface area contributed by atoms with Gasteiger partial charge in [0.05, 0.1) is 38.6 Å². The molecule has 9 heteroatoms. The molecule has 3 amide bonds. The second-order valence-electron chi connectivity index (χ2n) is 6.48. The van der Waals surface area contributed by atoms with Crippen molar-refractivity contribution in [2.45, 2.75) is 13.0 Å². The van der Waals surface area contributed by atoms with Crippen LogP contribution in [0, 0.1) is 0 Å². The molecule has 0 spiro atoms. The highest BCUT2D eigenvalue weighted by atomic mass is 35.5. The van der Waals surface area contributed by atoms with Crippen LogP contribution in [-0.4, -0.2) is 33.3 Å². The molecule has 30 heavy (non-hydrogen) atoms. The number of carbonyl (C=O) groups excluding carboxylic acids is 2. The summed E-state index contributed by atoms with van der Waals surface area (Å²) in [5, 5.41) is 8.68. The van der Waals surface area contributed by atoms with Gasteiger partial charge in [-0.3, -0.25) is 4.79 Å². The molecule has 2 aromatic rings. The molecule has 0 aliphatic carbocycles. The minimum Gasteiger partial charge on any atom is -0.497 e. The molecule has 3 N–H and O–H groups in total. The van der Waals surface area contributed by atoms with Crippen LogP contribution in [0.1, 0.15) is 18.5 Å². The van der Waals surface area contributed by atoms with Crippen molar-refractivity contribution in [3.8, 4) is 17.2 Å². The summed E-state index contributed by atoms with van der Waals surface area (Å²) in [5.74, 6) is 1.08. The van der Waals surface area contributed by atoms with Gasteiger partial charge in [-0.05, 0) is 43.3 Å². The number of hydrogen-bond acceptors (Lipinski definition) is 5. The lowest BCUT2D eigenvalue weighted by Gasteiger charge is -2.30. The Morgan fingerprint density at radius 3 is 2.40 bits per heavy atom. The van der Waals surface area contributed by atoms with E-state index in [0.29, 0.717) is 44.8 Å². The quantitative estimate of drug-likeness (QED) is 0.648. The summed E-state index contributed by atoms with van der Waals surface area (Å²) in [6, 6.07) is 8.87. The first kappa shape index (κ1) is 21.3. The van der Waals surface area contributed by atoms with Gasteiger partial charge < -0.3 is 30.2 Å². The summed E-state index contributed by atoms with van der Waals surface area (Å²) in [4.78, 5) is 25.5. The van der Waals surface area contributed by atoms with E-state index in [1.807, 2.05) is 0 Å². The molecule has 0 bridgehead atoms. The Hall–Kier alpha value is -3.39. The van der Waals surface area contributed by atoms with Crippen molar-refractivity contribution in [2.75, 3.05) is 26.6 Å². The molecule has 0 aromatic heterocycles. The monoisotopic (exact) mass is 431 g/mol. The van der Waals surface area contributed by atoms with E-state index in [1.165, 1.54) is 21.3 Å². The maximum atomic E-state index is 13.3. The first-order valence-electron chi connectivity index (χ1n) is 9.03. The van der Waals surface area contributed by atoms with Crippen LogP contribution >= 0.6 is 11.6 Å². The molecule has 0 saturated carbocycles. The Morgan fingerprint density at radius 2 is 1.73 bits per heavy atom. The molecule has 158 valence electrons. The molecule has 8 nitrogen and oxygen atoms in total. The van der Waals surface area contributed by atoms with Crippen LogP contribution in [-0.2, 0) is 4.79 Å². The third-order valence-electron chi connectivity index (χ3n) is 4.67. The van der Waals surface area contributed by atoms with E-state index in [0.717, 1.165) is 0 Å². The standard InChI is InChI=1S/C21H22ClN3O5/c1-11-18(20(26)24-15-9-12(22)5-7-17(15)30-4)19(25-21(27)23-11)14-10-13(28-2)6-8-16(14)29-3/h5-10,19H,1-4H3,(H,24,26)(H2,23,25,27)/t19-/m0/s1. The van der Waals surface area contributed by atoms with Gasteiger partial charge in [0.1, 0.15) is 17.2 Å². The maximum absolute atomic E-state index is 13.3. The molecule has 1 atom stereocenters. The number of urea groups is 1. The molecule has 3 rings (SSSR count). The Kier molecular flexibility index (Phi) is 6.37. The number of amides is 3. The fourth-order valence-electron chi connectivity index (χ4n) is 3.26. The number of hydrogen-bond donors (Lipinski definition) is 3. The van der Waals surface area contributed by atoms with Crippen LogP contribution in [0.3, 0.4) is 0 Å². The van der Waals surface area contributed by atoms with E-state index in [-0.39, 0.29) is 0 Å². The van der Waals surface area contributed by atoms with Gasteiger partial charge >= 0.3 is 6.03 Å². The van der Waals surface area contributed by atoms with Crippen molar-refractivity contribution in [2.24, 2.45) is 0 Å². The highest BCUT2D eigenvalue weighted by molar-refractivity contribution is 6.31. The first-order valence-corrected chi connectivity index (χ1v) is 9.40. The van der Waals surface area contributed by atoms with Crippen molar-refractivity contribution < 1.29 is 23.8 Å². The largest absolute Gasteiger partial charge is 0.497 e. The van der Waals surface area contributed by atoms with Gasteiger partial charge in [-0.2, -0.15) is 0 Å². The van der Waals surface area contributed by atoms with Crippen molar-refractivity contribution >= 4 is 29.2 Å². The highest BCUT2D eigenvalue weighted by Gasteiger charge is 2.33. The smallest absolute Gasteiger partial charge is 0.319 e. The molecule has 1 aliphatic heterocycles. The molecule has 0 radical (unpaired) electrons. The predicted molar refractivity (Wildman–Crippen MR) is 113 cm³/mol. The van der Waals surface area contributed by atoms with E-state index < -0.39 is 18.0 Å². The maximum Gasteiger partial charge on any atom is 0.319 e. The topological polar surface area (TPSA) is 97.9 Å². The van der Waals surface area contributed by atoms with Gasteiger partial charge in [-0.25, -0.2) is 4.79 Å². The van der Waals surface area contributed by atoms with Gasteiger partial charge in [0.15, 0.2) is 0 Å². The Balaban J connectivity index is 2.05. The van der Waals surface area contributed by atoms with Crippen LogP contribution in [0.5, 0.6) is 17.2 Å². The molecule has 0 fully saturated rings. The average Bonchev–Trinajstić information content (AvgIpc) is 2.72. The number of carbonyl (C=O) groups is 2. The molecule has 2 aromatic carbocycles. The van der Waals surface area contributed by atoms with Crippen LogP contribution < -0.4 is 30.2 Å².